The fourth-order valence-corrected chi connectivity index (χ4v) is 2.82. The van der Waals surface area contributed by atoms with Crippen molar-refractivity contribution in [2.45, 2.75) is 45.2 Å². The van der Waals surface area contributed by atoms with E-state index in [2.05, 4.69) is 31.0 Å². The van der Waals surface area contributed by atoms with E-state index in [0.717, 1.165) is 24.3 Å². The van der Waals surface area contributed by atoms with Crippen LogP contribution in [0.3, 0.4) is 0 Å². The molecule has 1 fully saturated rings. The van der Waals surface area contributed by atoms with Crippen molar-refractivity contribution in [3.05, 3.63) is 29.3 Å². The molecule has 0 spiro atoms. The summed E-state index contributed by atoms with van der Waals surface area (Å²) in [5.74, 6) is 0.951. The van der Waals surface area contributed by atoms with Crippen LogP contribution in [0.4, 0.5) is 0 Å². The summed E-state index contributed by atoms with van der Waals surface area (Å²) in [4.78, 5) is 2.46. The van der Waals surface area contributed by atoms with Gasteiger partial charge in [-0.05, 0) is 45.8 Å². The van der Waals surface area contributed by atoms with Gasteiger partial charge < -0.3 is 15.4 Å². The van der Waals surface area contributed by atoms with Crippen LogP contribution in [0.15, 0.2) is 18.2 Å². The molecule has 3 nitrogen and oxygen atoms in total. The minimum Gasteiger partial charge on any atom is -0.493 e. The van der Waals surface area contributed by atoms with Crippen molar-refractivity contribution < 1.29 is 4.74 Å². The van der Waals surface area contributed by atoms with E-state index >= 15 is 0 Å². The number of hydrogen-bond acceptors (Lipinski definition) is 3. The summed E-state index contributed by atoms with van der Waals surface area (Å²) in [6.07, 6.45) is 5.10. The summed E-state index contributed by atoms with van der Waals surface area (Å²) in [5.41, 5.74) is 8.11. The molecule has 0 amide bonds. The number of hydrogen-bond donors (Lipinski definition) is 1. The van der Waals surface area contributed by atoms with E-state index in [4.69, 9.17) is 10.5 Å². The Hall–Kier alpha value is -1.06. The van der Waals surface area contributed by atoms with Crippen molar-refractivity contribution >= 4 is 0 Å². The average molecular weight is 262 g/mol. The number of likely N-dealkylation sites (tertiary alicyclic amines) is 1. The number of nitrogens with two attached hydrogens (primary N) is 1. The van der Waals surface area contributed by atoms with Gasteiger partial charge in [-0.25, -0.2) is 0 Å². The lowest BCUT2D eigenvalue weighted by molar-refractivity contribution is 0.153. The van der Waals surface area contributed by atoms with Crippen molar-refractivity contribution in [3.63, 3.8) is 0 Å². The maximum atomic E-state index is 5.93. The Morgan fingerprint density at radius 3 is 2.95 bits per heavy atom. The quantitative estimate of drug-likeness (QED) is 0.886. The molecule has 1 heterocycles. The Kier molecular flexibility index (Phi) is 5.23. The zero-order chi connectivity index (χ0) is 13.7. The molecule has 1 aliphatic heterocycles. The smallest absolute Gasteiger partial charge is 0.123 e. The maximum absolute atomic E-state index is 5.93. The molecule has 19 heavy (non-hydrogen) atoms. The molecular weight excluding hydrogens is 236 g/mol. The van der Waals surface area contributed by atoms with Gasteiger partial charge in [-0.3, -0.25) is 0 Å². The van der Waals surface area contributed by atoms with E-state index in [0.29, 0.717) is 12.6 Å². The van der Waals surface area contributed by atoms with Crippen LogP contribution in [0.2, 0.25) is 0 Å². The second-order valence-corrected chi connectivity index (χ2v) is 5.58. The van der Waals surface area contributed by atoms with E-state index in [1.54, 1.807) is 0 Å². The third-order valence-corrected chi connectivity index (χ3v) is 4.07. The Labute approximate surface area is 116 Å². The molecule has 1 aliphatic rings. The second kappa shape index (κ2) is 6.92. The minimum absolute atomic E-state index is 0.542. The second-order valence-electron chi connectivity index (χ2n) is 5.58. The van der Waals surface area contributed by atoms with Gasteiger partial charge in [0, 0.05) is 18.2 Å². The highest BCUT2D eigenvalue weighted by atomic mass is 16.5. The Balaban J connectivity index is 1.85. The van der Waals surface area contributed by atoms with Gasteiger partial charge in [-0.1, -0.05) is 24.1 Å². The molecule has 1 atom stereocenters. The third kappa shape index (κ3) is 3.95. The highest BCUT2D eigenvalue weighted by Crippen LogP contribution is 2.21. The zero-order valence-corrected chi connectivity index (χ0v) is 12.2. The summed E-state index contributed by atoms with van der Waals surface area (Å²) in [5, 5.41) is 0. The fourth-order valence-electron chi connectivity index (χ4n) is 2.82. The minimum atomic E-state index is 0.542. The van der Waals surface area contributed by atoms with Crippen LogP contribution in [0.1, 0.15) is 36.8 Å². The number of nitrogens with zero attached hydrogens (tertiary/aromatic N) is 1. The lowest BCUT2D eigenvalue weighted by Gasteiger charge is -2.32. The predicted octanol–water partition coefficient (Wildman–Crippen LogP) is 2.71. The summed E-state index contributed by atoms with van der Waals surface area (Å²) < 4.78 is 5.93. The molecule has 106 valence electrons. The molecule has 0 aromatic heterocycles. The topological polar surface area (TPSA) is 38.5 Å². The molecule has 0 saturated carbocycles. The molecule has 1 aromatic carbocycles. The number of rotatable bonds is 5. The van der Waals surface area contributed by atoms with Crippen LogP contribution >= 0.6 is 0 Å². The van der Waals surface area contributed by atoms with Gasteiger partial charge >= 0.3 is 0 Å². The lowest BCUT2D eigenvalue weighted by atomic mass is 10.0. The number of piperidine rings is 1. The normalized spacial score (nSPS) is 20.5. The van der Waals surface area contributed by atoms with Crippen LogP contribution in [-0.2, 0) is 6.54 Å². The van der Waals surface area contributed by atoms with Crippen molar-refractivity contribution in [1.29, 1.82) is 0 Å². The molecule has 1 unspecified atom stereocenters. The predicted molar refractivity (Wildman–Crippen MR) is 79.5 cm³/mol. The Morgan fingerprint density at radius 1 is 1.37 bits per heavy atom. The van der Waals surface area contributed by atoms with Gasteiger partial charge in [-0.15, -0.1) is 0 Å². The van der Waals surface area contributed by atoms with E-state index in [9.17, 15) is 0 Å². The number of ether oxygens (including phenoxy) is 1. The van der Waals surface area contributed by atoms with E-state index in [-0.39, 0.29) is 0 Å². The molecule has 1 saturated heterocycles. The van der Waals surface area contributed by atoms with Crippen molar-refractivity contribution in [3.8, 4) is 5.75 Å². The first-order valence-electron chi connectivity index (χ1n) is 7.33. The Bertz CT molecular complexity index is 406. The van der Waals surface area contributed by atoms with Crippen molar-refractivity contribution in [1.82, 2.24) is 4.90 Å². The van der Waals surface area contributed by atoms with Crippen LogP contribution in [0.25, 0.3) is 0 Å². The molecular formula is C16H26N2O. The summed E-state index contributed by atoms with van der Waals surface area (Å²) in [6, 6.07) is 6.92. The molecule has 2 N–H and O–H groups in total. The van der Waals surface area contributed by atoms with E-state index in [1.807, 2.05) is 6.07 Å². The van der Waals surface area contributed by atoms with Crippen LogP contribution in [0.5, 0.6) is 5.75 Å². The molecule has 0 bridgehead atoms. The highest BCUT2D eigenvalue weighted by molar-refractivity contribution is 5.36. The highest BCUT2D eigenvalue weighted by Gasteiger charge is 2.18. The number of benzene rings is 1. The van der Waals surface area contributed by atoms with E-state index < -0.39 is 0 Å². The van der Waals surface area contributed by atoms with Crippen molar-refractivity contribution in [2.24, 2.45) is 5.73 Å². The number of aryl methyl sites for hydroxylation is 1. The zero-order valence-electron chi connectivity index (χ0n) is 12.2. The summed E-state index contributed by atoms with van der Waals surface area (Å²) >= 11 is 0. The third-order valence-electron chi connectivity index (χ3n) is 4.07. The maximum Gasteiger partial charge on any atom is 0.123 e. The standard InChI is InChI=1S/C16H26N2O/c1-13-6-7-16(14(11-13)12-17)19-10-8-15-5-3-4-9-18(15)2/h6-7,11,15H,3-5,8-10,12,17H2,1-2H3. The lowest BCUT2D eigenvalue weighted by Crippen LogP contribution is -2.37. The van der Waals surface area contributed by atoms with Gasteiger partial charge in [-0.2, -0.15) is 0 Å². The van der Waals surface area contributed by atoms with E-state index in [1.165, 1.54) is 31.4 Å². The van der Waals surface area contributed by atoms with Gasteiger partial charge in [0.25, 0.3) is 0 Å². The molecule has 3 heteroatoms. The fraction of sp³-hybridized carbons (Fsp3) is 0.625. The van der Waals surface area contributed by atoms with Crippen LogP contribution < -0.4 is 10.5 Å². The van der Waals surface area contributed by atoms with Crippen LogP contribution in [-0.4, -0.2) is 31.1 Å². The van der Waals surface area contributed by atoms with Gasteiger partial charge in [0.15, 0.2) is 0 Å². The summed E-state index contributed by atoms with van der Waals surface area (Å²) in [6.45, 7) is 4.63. The SMILES string of the molecule is Cc1ccc(OCCC2CCCCN2C)c(CN)c1. The van der Waals surface area contributed by atoms with Crippen LogP contribution in [0, 0.1) is 6.92 Å². The van der Waals surface area contributed by atoms with Gasteiger partial charge in [0.05, 0.1) is 6.61 Å². The van der Waals surface area contributed by atoms with Crippen molar-refractivity contribution in [2.75, 3.05) is 20.2 Å². The van der Waals surface area contributed by atoms with Gasteiger partial charge in [0.1, 0.15) is 5.75 Å². The molecule has 2 rings (SSSR count). The average Bonchev–Trinajstić information content (AvgIpc) is 2.42. The first-order valence-corrected chi connectivity index (χ1v) is 7.33. The molecule has 0 aliphatic carbocycles. The van der Waals surface area contributed by atoms with Gasteiger partial charge in [0.2, 0.25) is 0 Å². The monoisotopic (exact) mass is 262 g/mol. The Morgan fingerprint density at radius 2 is 2.21 bits per heavy atom. The molecule has 0 radical (unpaired) electrons. The molecule has 1 aromatic rings. The largest absolute Gasteiger partial charge is 0.493 e. The first-order chi connectivity index (χ1) is 9.20. The first kappa shape index (κ1) is 14.4. The summed E-state index contributed by atoms with van der Waals surface area (Å²) in [7, 11) is 2.22.